The van der Waals surface area contributed by atoms with Crippen molar-refractivity contribution < 1.29 is 0 Å². The van der Waals surface area contributed by atoms with Gasteiger partial charge in [0.2, 0.25) is 0 Å². The maximum Gasteiger partial charge on any atom is 0.180 e. The molecule has 0 spiro atoms. The van der Waals surface area contributed by atoms with Crippen molar-refractivity contribution in [2.24, 2.45) is 7.05 Å². The van der Waals surface area contributed by atoms with Crippen molar-refractivity contribution in [2.45, 2.75) is 0 Å². The molecule has 0 aliphatic rings. The van der Waals surface area contributed by atoms with Crippen molar-refractivity contribution >= 4 is 39.0 Å². The average molecular weight is 380 g/mol. The molecule has 0 saturated heterocycles. The topological polar surface area (TPSA) is 88.7 Å². The fourth-order valence-corrected chi connectivity index (χ4v) is 3.63. The van der Waals surface area contributed by atoms with Crippen molar-refractivity contribution in [2.75, 3.05) is 5.32 Å². The van der Waals surface area contributed by atoms with E-state index in [-0.39, 0.29) is 0 Å². The van der Waals surface area contributed by atoms with Crippen LogP contribution in [-0.4, -0.2) is 34.3 Å². The highest BCUT2D eigenvalue weighted by molar-refractivity contribution is 5.86. The summed E-state index contributed by atoms with van der Waals surface area (Å²) in [6.07, 6.45) is 9.36. The molecule has 6 rings (SSSR count). The van der Waals surface area contributed by atoms with E-state index in [9.17, 15) is 0 Å². The smallest absolute Gasteiger partial charge is 0.180 e. The van der Waals surface area contributed by atoms with Gasteiger partial charge < -0.3 is 9.72 Å². The van der Waals surface area contributed by atoms with Crippen molar-refractivity contribution in [3.05, 3.63) is 67.4 Å². The van der Waals surface area contributed by atoms with Crippen LogP contribution in [-0.2, 0) is 7.05 Å². The van der Waals surface area contributed by atoms with E-state index in [1.54, 1.807) is 12.4 Å². The molecule has 0 saturated carbocycles. The first-order valence-electron chi connectivity index (χ1n) is 9.21. The van der Waals surface area contributed by atoms with Gasteiger partial charge in [-0.1, -0.05) is 6.07 Å². The molecular formula is C21H16N8. The molecule has 0 amide bonds. The van der Waals surface area contributed by atoms with Gasteiger partial charge in [0.1, 0.15) is 0 Å². The summed E-state index contributed by atoms with van der Waals surface area (Å²) in [6, 6.07) is 12.3. The minimum Gasteiger partial charge on any atom is -0.337 e. The number of aromatic nitrogens is 7. The number of aryl methyl sites for hydroxylation is 1. The first-order chi connectivity index (χ1) is 14.2. The molecular weight excluding hydrogens is 364 g/mol. The van der Waals surface area contributed by atoms with Crippen molar-refractivity contribution in [3.63, 3.8) is 0 Å². The van der Waals surface area contributed by atoms with E-state index >= 15 is 0 Å². The molecule has 140 valence electrons. The molecule has 6 aromatic rings. The summed E-state index contributed by atoms with van der Waals surface area (Å²) in [5.74, 6) is 0.696. The van der Waals surface area contributed by atoms with Crippen molar-refractivity contribution in [1.82, 2.24) is 34.3 Å². The van der Waals surface area contributed by atoms with E-state index in [2.05, 4.69) is 43.8 Å². The van der Waals surface area contributed by atoms with Crippen LogP contribution in [0.4, 0.5) is 11.5 Å². The normalized spacial score (nSPS) is 11.6. The van der Waals surface area contributed by atoms with Gasteiger partial charge in [-0.3, -0.25) is 9.78 Å². The van der Waals surface area contributed by atoms with Gasteiger partial charge in [-0.15, -0.1) is 0 Å². The number of imidazole rings is 1. The number of H-pyrrole nitrogens is 1. The standard InChI is InChI=1S/C21H16N8/c1-28-19-5-2-13(8-15(19)11-24-28)18-12-29-7-6-22-21(29)20(26-18)25-16-3-4-17-14(9-16)10-23-27-17/h2-12H,1H3,(H,23,27)(H,25,26). The molecule has 8 heteroatoms. The van der Waals surface area contributed by atoms with E-state index in [0.29, 0.717) is 5.82 Å². The molecule has 0 bridgehead atoms. The lowest BCUT2D eigenvalue weighted by Gasteiger charge is -2.10. The molecule has 0 aliphatic heterocycles. The van der Waals surface area contributed by atoms with Gasteiger partial charge in [0.25, 0.3) is 0 Å². The molecule has 2 aromatic carbocycles. The zero-order valence-electron chi connectivity index (χ0n) is 15.5. The van der Waals surface area contributed by atoms with Gasteiger partial charge in [-0.05, 0) is 30.3 Å². The van der Waals surface area contributed by atoms with Crippen LogP contribution >= 0.6 is 0 Å². The second-order valence-corrected chi connectivity index (χ2v) is 6.97. The summed E-state index contributed by atoms with van der Waals surface area (Å²) in [7, 11) is 1.94. The highest BCUT2D eigenvalue weighted by atomic mass is 15.2. The number of nitrogens with one attached hydrogen (secondary N) is 2. The summed E-state index contributed by atoms with van der Waals surface area (Å²) in [5.41, 5.74) is 5.65. The number of hydrogen-bond acceptors (Lipinski definition) is 5. The second-order valence-electron chi connectivity index (χ2n) is 6.97. The van der Waals surface area contributed by atoms with Gasteiger partial charge in [0.05, 0.1) is 29.1 Å². The van der Waals surface area contributed by atoms with Crippen LogP contribution < -0.4 is 5.32 Å². The van der Waals surface area contributed by atoms with E-state index in [4.69, 9.17) is 4.98 Å². The van der Waals surface area contributed by atoms with Crippen molar-refractivity contribution in [3.8, 4) is 11.3 Å². The fourth-order valence-electron chi connectivity index (χ4n) is 3.63. The quantitative estimate of drug-likeness (QED) is 0.486. The molecule has 8 nitrogen and oxygen atoms in total. The number of rotatable bonds is 3. The molecule has 4 heterocycles. The summed E-state index contributed by atoms with van der Waals surface area (Å²) in [6.45, 7) is 0. The van der Waals surface area contributed by atoms with Crippen LogP contribution in [0.25, 0.3) is 38.7 Å². The SMILES string of the molecule is Cn1ncc2cc(-c3cn4ccnc4c(Nc4ccc5[nH]ncc5c4)n3)ccc21. The highest BCUT2D eigenvalue weighted by Crippen LogP contribution is 2.27. The Morgan fingerprint density at radius 3 is 2.97 bits per heavy atom. The Bertz CT molecular complexity index is 1500. The predicted molar refractivity (Wildman–Crippen MR) is 112 cm³/mol. The number of hydrogen-bond donors (Lipinski definition) is 2. The Hall–Kier alpha value is -4.20. The van der Waals surface area contributed by atoms with Crippen LogP contribution in [0.5, 0.6) is 0 Å². The van der Waals surface area contributed by atoms with Crippen molar-refractivity contribution in [1.29, 1.82) is 0 Å². The van der Waals surface area contributed by atoms with Gasteiger partial charge in [0.15, 0.2) is 11.5 Å². The zero-order chi connectivity index (χ0) is 19.4. The highest BCUT2D eigenvalue weighted by Gasteiger charge is 2.11. The average Bonchev–Trinajstić information content (AvgIpc) is 3.47. The van der Waals surface area contributed by atoms with Gasteiger partial charge in [0, 0.05) is 47.7 Å². The minimum atomic E-state index is 0.696. The molecule has 0 atom stereocenters. The lowest BCUT2D eigenvalue weighted by atomic mass is 10.1. The Balaban J connectivity index is 1.47. The Kier molecular flexibility index (Phi) is 3.22. The number of aromatic amines is 1. The summed E-state index contributed by atoms with van der Waals surface area (Å²) in [4.78, 5) is 9.34. The number of nitrogens with zero attached hydrogens (tertiary/aromatic N) is 6. The molecule has 0 unspecified atom stereocenters. The second kappa shape index (κ2) is 5.90. The number of anilines is 2. The Morgan fingerprint density at radius 1 is 1.03 bits per heavy atom. The van der Waals surface area contributed by atoms with Gasteiger partial charge >= 0.3 is 0 Å². The number of benzene rings is 2. The summed E-state index contributed by atoms with van der Waals surface area (Å²) in [5, 5.41) is 16.9. The first kappa shape index (κ1) is 15.8. The maximum atomic E-state index is 4.87. The maximum absolute atomic E-state index is 4.87. The molecule has 29 heavy (non-hydrogen) atoms. The van der Waals surface area contributed by atoms with E-state index in [1.807, 2.05) is 52.9 Å². The van der Waals surface area contributed by atoms with E-state index < -0.39 is 0 Å². The fraction of sp³-hybridized carbons (Fsp3) is 0.0476. The zero-order valence-corrected chi connectivity index (χ0v) is 15.5. The summed E-state index contributed by atoms with van der Waals surface area (Å²) < 4.78 is 3.85. The molecule has 4 aromatic heterocycles. The van der Waals surface area contributed by atoms with Crippen LogP contribution in [0.3, 0.4) is 0 Å². The Labute approximate surface area is 164 Å². The lowest BCUT2D eigenvalue weighted by molar-refractivity contribution is 0.797. The molecule has 0 fully saturated rings. The van der Waals surface area contributed by atoms with Crippen LogP contribution in [0.15, 0.2) is 67.4 Å². The minimum absolute atomic E-state index is 0.696. The lowest BCUT2D eigenvalue weighted by Crippen LogP contribution is -2.00. The van der Waals surface area contributed by atoms with Crippen LogP contribution in [0.1, 0.15) is 0 Å². The first-order valence-corrected chi connectivity index (χ1v) is 9.21. The third-order valence-electron chi connectivity index (χ3n) is 5.12. The predicted octanol–water partition coefficient (Wildman–Crippen LogP) is 3.90. The van der Waals surface area contributed by atoms with Crippen LogP contribution in [0, 0.1) is 0 Å². The van der Waals surface area contributed by atoms with E-state index in [0.717, 1.165) is 44.4 Å². The monoisotopic (exact) mass is 380 g/mol. The molecule has 0 aliphatic carbocycles. The van der Waals surface area contributed by atoms with E-state index in [1.165, 1.54) is 0 Å². The third-order valence-corrected chi connectivity index (χ3v) is 5.12. The molecule has 2 N–H and O–H groups in total. The largest absolute Gasteiger partial charge is 0.337 e. The number of fused-ring (bicyclic) bond motifs is 3. The third kappa shape index (κ3) is 2.53. The van der Waals surface area contributed by atoms with Crippen LogP contribution in [0.2, 0.25) is 0 Å². The molecule has 0 radical (unpaired) electrons. The van der Waals surface area contributed by atoms with Gasteiger partial charge in [-0.25, -0.2) is 9.97 Å². The summed E-state index contributed by atoms with van der Waals surface area (Å²) >= 11 is 0. The van der Waals surface area contributed by atoms with Gasteiger partial charge in [-0.2, -0.15) is 10.2 Å². The Morgan fingerprint density at radius 2 is 2.00 bits per heavy atom.